The maximum absolute atomic E-state index is 12.9. The SMILES string of the molecule is CNC[C@H]1CCN(C(=O)[C@@H]2C[C@H](SC3=C(C(=O)O)N4C(=O)[C@@H](C[C@@H](C)O)[C@@H]4C3)CN2)C1. The monoisotopic (exact) mass is 452 g/mol. The number of aliphatic hydroxyl groups is 1. The summed E-state index contributed by atoms with van der Waals surface area (Å²) in [7, 11) is 1.93. The molecule has 0 aromatic rings. The van der Waals surface area contributed by atoms with Crippen molar-refractivity contribution in [2.24, 2.45) is 11.8 Å². The van der Waals surface area contributed by atoms with Gasteiger partial charge in [0, 0.05) is 36.2 Å². The van der Waals surface area contributed by atoms with Gasteiger partial charge in [-0.15, -0.1) is 11.8 Å². The second kappa shape index (κ2) is 9.09. The van der Waals surface area contributed by atoms with E-state index in [4.69, 9.17) is 0 Å². The van der Waals surface area contributed by atoms with Crippen molar-refractivity contribution in [2.45, 2.75) is 56.0 Å². The molecule has 0 aliphatic carbocycles. The minimum atomic E-state index is -1.08. The molecule has 9 nitrogen and oxygen atoms in total. The van der Waals surface area contributed by atoms with E-state index >= 15 is 0 Å². The Morgan fingerprint density at radius 1 is 1.39 bits per heavy atom. The summed E-state index contributed by atoms with van der Waals surface area (Å²) >= 11 is 1.49. The predicted molar refractivity (Wildman–Crippen MR) is 116 cm³/mol. The zero-order chi connectivity index (χ0) is 22.3. The van der Waals surface area contributed by atoms with Crippen molar-refractivity contribution in [3.8, 4) is 0 Å². The van der Waals surface area contributed by atoms with Crippen LogP contribution in [0, 0.1) is 11.8 Å². The predicted octanol–water partition coefficient (Wildman–Crippen LogP) is -0.184. The van der Waals surface area contributed by atoms with E-state index in [0.717, 1.165) is 26.1 Å². The second-order valence-corrected chi connectivity index (χ2v) is 10.6. The Balaban J connectivity index is 1.36. The lowest BCUT2D eigenvalue weighted by atomic mass is 9.83. The number of rotatable bonds is 8. The van der Waals surface area contributed by atoms with Gasteiger partial charge in [-0.3, -0.25) is 9.59 Å². The van der Waals surface area contributed by atoms with Gasteiger partial charge in [-0.2, -0.15) is 0 Å². The van der Waals surface area contributed by atoms with Gasteiger partial charge in [-0.05, 0) is 45.7 Å². The van der Waals surface area contributed by atoms with E-state index in [1.165, 1.54) is 16.7 Å². The maximum Gasteiger partial charge on any atom is 0.353 e. The van der Waals surface area contributed by atoms with Crippen molar-refractivity contribution in [3.63, 3.8) is 0 Å². The number of hydrogen-bond donors (Lipinski definition) is 4. The standard InChI is InChI=1S/C21H32N4O5S/c1-11(26)5-14-16-7-17(18(21(29)30)25(16)19(14)27)31-13-6-15(23-9-13)20(28)24-4-3-12(10-24)8-22-2/h11-16,22-23,26H,3-10H2,1-2H3,(H,29,30)/t11-,12-,13+,14+,15+,16+/m1/s1. The van der Waals surface area contributed by atoms with Gasteiger partial charge in [-0.1, -0.05) is 0 Å². The first-order chi connectivity index (χ1) is 14.8. The zero-order valence-corrected chi connectivity index (χ0v) is 18.9. The molecular formula is C21H32N4O5S. The maximum atomic E-state index is 12.9. The number of thioether (sulfide) groups is 1. The van der Waals surface area contributed by atoms with E-state index in [1.54, 1.807) is 6.92 Å². The molecule has 0 aromatic carbocycles. The number of carbonyl (C=O) groups is 3. The molecule has 4 heterocycles. The smallest absolute Gasteiger partial charge is 0.353 e. The van der Waals surface area contributed by atoms with Crippen molar-refractivity contribution >= 4 is 29.5 Å². The summed E-state index contributed by atoms with van der Waals surface area (Å²) < 4.78 is 0. The van der Waals surface area contributed by atoms with Crippen LogP contribution in [0.5, 0.6) is 0 Å². The number of nitrogens with zero attached hydrogens (tertiary/aromatic N) is 2. The van der Waals surface area contributed by atoms with Gasteiger partial charge in [0.05, 0.1) is 24.1 Å². The molecule has 172 valence electrons. The number of likely N-dealkylation sites (tertiary alicyclic amines) is 1. The highest BCUT2D eigenvalue weighted by Gasteiger charge is 2.55. The molecule has 0 unspecified atom stereocenters. The number of hydrogen-bond acceptors (Lipinski definition) is 7. The van der Waals surface area contributed by atoms with Crippen LogP contribution in [0.4, 0.5) is 0 Å². The molecule has 0 radical (unpaired) electrons. The lowest BCUT2D eigenvalue weighted by Gasteiger charge is -2.43. The minimum Gasteiger partial charge on any atom is -0.477 e. The Morgan fingerprint density at radius 2 is 2.16 bits per heavy atom. The minimum absolute atomic E-state index is 0.0890. The molecule has 3 saturated heterocycles. The Bertz CT molecular complexity index is 788. The van der Waals surface area contributed by atoms with Crippen LogP contribution in [0.25, 0.3) is 0 Å². The summed E-state index contributed by atoms with van der Waals surface area (Å²) in [4.78, 5) is 41.3. The van der Waals surface area contributed by atoms with Crippen molar-refractivity contribution in [2.75, 3.05) is 33.2 Å². The van der Waals surface area contributed by atoms with E-state index in [0.29, 0.717) is 36.6 Å². The molecule has 0 spiro atoms. The first-order valence-corrected chi connectivity index (χ1v) is 12.0. The average Bonchev–Trinajstić information content (AvgIpc) is 3.44. The Labute approximate surface area is 186 Å². The molecule has 2 amide bonds. The van der Waals surface area contributed by atoms with Crippen molar-refractivity contribution in [3.05, 3.63) is 10.6 Å². The number of aliphatic hydroxyl groups excluding tert-OH is 1. The summed E-state index contributed by atoms with van der Waals surface area (Å²) in [6.45, 7) is 4.78. The average molecular weight is 453 g/mol. The highest BCUT2D eigenvalue weighted by molar-refractivity contribution is 8.03. The van der Waals surface area contributed by atoms with E-state index in [-0.39, 0.29) is 40.8 Å². The highest BCUT2D eigenvalue weighted by atomic mass is 32.2. The van der Waals surface area contributed by atoms with Crippen LogP contribution in [0.3, 0.4) is 0 Å². The molecular weight excluding hydrogens is 420 g/mol. The normalized spacial score (nSPS) is 33.6. The third-order valence-electron chi connectivity index (χ3n) is 6.84. The molecule has 10 heteroatoms. The van der Waals surface area contributed by atoms with Gasteiger partial charge in [0.2, 0.25) is 11.8 Å². The third-order valence-corrected chi connectivity index (χ3v) is 8.17. The van der Waals surface area contributed by atoms with E-state index in [1.807, 2.05) is 11.9 Å². The highest BCUT2D eigenvalue weighted by Crippen LogP contribution is 2.48. The number of fused-ring (bicyclic) bond motifs is 1. The van der Waals surface area contributed by atoms with Crippen LogP contribution in [-0.2, 0) is 14.4 Å². The number of β-lactam (4-membered cyclic amide) rings is 1. The largest absolute Gasteiger partial charge is 0.477 e. The second-order valence-electron chi connectivity index (χ2n) is 9.18. The molecule has 0 bridgehead atoms. The summed E-state index contributed by atoms with van der Waals surface area (Å²) in [5.74, 6) is -0.971. The summed E-state index contributed by atoms with van der Waals surface area (Å²) in [6.07, 6.45) is 1.96. The number of aliphatic carboxylic acids is 1. The fourth-order valence-corrected chi connectivity index (χ4v) is 6.81. The number of carbonyl (C=O) groups excluding carboxylic acids is 2. The number of nitrogens with one attached hydrogen (secondary N) is 2. The van der Waals surface area contributed by atoms with Crippen LogP contribution in [0.1, 0.15) is 32.6 Å². The van der Waals surface area contributed by atoms with Crippen molar-refractivity contribution < 1.29 is 24.6 Å². The number of amides is 2. The molecule has 31 heavy (non-hydrogen) atoms. The van der Waals surface area contributed by atoms with Gasteiger partial charge in [0.15, 0.2) is 0 Å². The van der Waals surface area contributed by atoms with E-state index in [2.05, 4.69) is 10.6 Å². The lowest BCUT2D eigenvalue weighted by Crippen LogP contribution is -2.59. The van der Waals surface area contributed by atoms with Crippen molar-refractivity contribution in [1.29, 1.82) is 0 Å². The number of carboxylic acids is 1. The summed E-state index contributed by atoms with van der Waals surface area (Å²) in [5.41, 5.74) is 0.0890. The van der Waals surface area contributed by atoms with Gasteiger partial charge in [0.25, 0.3) is 0 Å². The van der Waals surface area contributed by atoms with Crippen LogP contribution in [0.2, 0.25) is 0 Å². The van der Waals surface area contributed by atoms with Gasteiger partial charge in [0.1, 0.15) is 5.70 Å². The first-order valence-electron chi connectivity index (χ1n) is 11.1. The lowest BCUT2D eigenvalue weighted by molar-refractivity contribution is -0.156. The first kappa shape index (κ1) is 22.6. The Kier molecular flexibility index (Phi) is 6.62. The number of carboxylic acid groups (broad SMARTS) is 1. The van der Waals surface area contributed by atoms with Crippen LogP contribution >= 0.6 is 11.8 Å². The van der Waals surface area contributed by atoms with Gasteiger partial charge < -0.3 is 30.6 Å². The molecule has 3 fully saturated rings. The van der Waals surface area contributed by atoms with E-state index < -0.39 is 12.1 Å². The van der Waals surface area contributed by atoms with Crippen molar-refractivity contribution in [1.82, 2.24) is 20.4 Å². The van der Waals surface area contributed by atoms with Gasteiger partial charge >= 0.3 is 5.97 Å². The fourth-order valence-electron chi connectivity index (χ4n) is 5.38. The topological polar surface area (TPSA) is 122 Å². The molecule has 4 N–H and O–H groups in total. The summed E-state index contributed by atoms with van der Waals surface area (Å²) in [6, 6.07) is -0.404. The molecule has 4 aliphatic heterocycles. The third kappa shape index (κ3) is 4.35. The quantitative estimate of drug-likeness (QED) is 0.374. The van der Waals surface area contributed by atoms with E-state index in [9.17, 15) is 24.6 Å². The fraction of sp³-hybridized carbons (Fsp3) is 0.762. The van der Waals surface area contributed by atoms with Crippen LogP contribution < -0.4 is 10.6 Å². The Hall–Kier alpha value is -1.62. The molecule has 6 atom stereocenters. The summed E-state index contributed by atoms with van der Waals surface area (Å²) in [5, 5.41) is 26.0. The van der Waals surface area contributed by atoms with Crippen LogP contribution in [-0.4, -0.2) is 94.5 Å². The Morgan fingerprint density at radius 3 is 2.84 bits per heavy atom. The molecule has 0 aromatic heterocycles. The molecule has 4 rings (SSSR count). The molecule has 0 saturated carbocycles. The molecule has 4 aliphatic rings. The van der Waals surface area contributed by atoms with Crippen LogP contribution in [0.15, 0.2) is 10.6 Å². The zero-order valence-electron chi connectivity index (χ0n) is 18.0. The van der Waals surface area contributed by atoms with Gasteiger partial charge in [-0.25, -0.2) is 4.79 Å².